The van der Waals surface area contributed by atoms with Crippen LogP contribution in [0.1, 0.15) is 41.3 Å². The molecule has 0 atom stereocenters. The minimum Gasteiger partial charge on any atom is -0.493 e. The van der Waals surface area contributed by atoms with Crippen LogP contribution in [0.3, 0.4) is 0 Å². The lowest BCUT2D eigenvalue weighted by molar-refractivity contribution is -0.121. The number of halogens is 3. The molecule has 0 heterocycles. The number of ether oxygens (including phenoxy) is 1. The third-order valence-corrected chi connectivity index (χ3v) is 5.81. The van der Waals surface area contributed by atoms with E-state index in [2.05, 4.69) is 15.8 Å². The molecule has 0 unspecified atom stereocenters. The number of hydrogen-bond acceptors (Lipinski definition) is 4. The van der Waals surface area contributed by atoms with E-state index < -0.39 is 0 Å². The quantitative estimate of drug-likeness (QED) is 0.179. The zero-order valence-electron chi connectivity index (χ0n) is 19.2. The van der Waals surface area contributed by atoms with Gasteiger partial charge in [0, 0.05) is 22.2 Å². The standard InChI is InChI=1S/C26H24Cl3N3O3/c1-16-14-19(27)8-12-24(16)35-13-3-4-25(33)32-31-17(2)18-5-9-21(10-6-18)30-26(34)22-11-7-20(28)15-23(22)29/h5-12,14-15H,3-4,13H2,1-2H3,(H,30,34)(H,32,33)/b31-17-. The Hall–Kier alpha value is -3.06. The lowest BCUT2D eigenvalue weighted by Gasteiger charge is -2.09. The fourth-order valence-corrected chi connectivity index (χ4v) is 3.84. The molecule has 0 fully saturated rings. The molecule has 2 amide bonds. The number of carbonyl (C=O) groups is 2. The largest absolute Gasteiger partial charge is 0.493 e. The van der Waals surface area contributed by atoms with Crippen LogP contribution < -0.4 is 15.5 Å². The van der Waals surface area contributed by atoms with Crippen molar-refractivity contribution in [2.24, 2.45) is 5.10 Å². The molecule has 3 aromatic rings. The Morgan fingerprint density at radius 2 is 1.63 bits per heavy atom. The number of hydrazone groups is 1. The van der Waals surface area contributed by atoms with Crippen LogP contribution in [-0.4, -0.2) is 24.1 Å². The van der Waals surface area contributed by atoms with Gasteiger partial charge in [-0.2, -0.15) is 5.10 Å². The van der Waals surface area contributed by atoms with E-state index in [1.165, 1.54) is 6.07 Å². The molecule has 3 aromatic carbocycles. The highest BCUT2D eigenvalue weighted by molar-refractivity contribution is 6.37. The van der Waals surface area contributed by atoms with Crippen LogP contribution in [0.4, 0.5) is 5.69 Å². The van der Waals surface area contributed by atoms with Crippen molar-refractivity contribution in [1.29, 1.82) is 0 Å². The van der Waals surface area contributed by atoms with Crippen LogP contribution in [0.25, 0.3) is 0 Å². The van der Waals surface area contributed by atoms with Gasteiger partial charge in [0.15, 0.2) is 0 Å². The molecule has 182 valence electrons. The Kier molecular flexibility index (Phi) is 9.55. The van der Waals surface area contributed by atoms with Gasteiger partial charge < -0.3 is 10.1 Å². The number of aryl methyl sites for hydroxylation is 1. The van der Waals surface area contributed by atoms with Gasteiger partial charge in [0.25, 0.3) is 5.91 Å². The molecule has 2 N–H and O–H groups in total. The summed E-state index contributed by atoms with van der Waals surface area (Å²) in [5.74, 6) is 0.205. The zero-order valence-corrected chi connectivity index (χ0v) is 21.5. The summed E-state index contributed by atoms with van der Waals surface area (Å²) in [7, 11) is 0. The minimum absolute atomic E-state index is 0.204. The summed E-state index contributed by atoms with van der Waals surface area (Å²) in [5.41, 5.74) is 5.86. The molecule has 0 saturated heterocycles. The summed E-state index contributed by atoms with van der Waals surface area (Å²) in [4.78, 5) is 24.5. The first-order valence-corrected chi connectivity index (χ1v) is 12.0. The van der Waals surface area contributed by atoms with Crippen molar-refractivity contribution >= 4 is 58.0 Å². The molecule has 9 heteroatoms. The van der Waals surface area contributed by atoms with E-state index in [0.29, 0.717) is 40.0 Å². The van der Waals surface area contributed by atoms with Gasteiger partial charge in [-0.15, -0.1) is 0 Å². The number of amides is 2. The lowest BCUT2D eigenvalue weighted by Crippen LogP contribution is -2.19. The summed E-state index contributed by atoms with van der Waals surface area (Å²) in [6.45, 7) is 4.11. The van der Waals surface area contributed by atoms with E-state index in [9.17, 15) is 9.59 Å². The third kappa shape index (κ3) is 7.99. The first-order valence-electron chi connectivity index (χ1n) is 10.8. The summed E-state index contributed by atoms with van der Waals surface area (Å²) in [5, 5.41) is 8.33. The molecule has 0 aliphatic rings. The van der Waals surface area contributed by atoms with Crippen molar-refractivity contribution in [1.82, 2.24) is 5.43 Å². The summed E-state index contributed by atoms with van der Waals surface area (Å²) in [6, 6.07) is 17.2. The van der Waals surface area contributed by atoms with Crippen LogP contribution in [0.15, 0.2) is 65.8 Å². The average Bonchev–Trinajstić information content (AvgIpc) is 2.81. The number of nitrogens with one attached hydrogen (secondary N) is 2. The fraction of sp³-hybridized carbons (Fsp3) is 0.192. The smallest absolute Gasteiger partial charge is 0.257 e. The number of benzene rings is 3. The molecule has 0 bridgehead atoms. The molecule has 0 spiro atoms. The van der Waals surface area contributed by atoms with Crippen molar-refractivity contribution in [3.8, 4) is 5.75 Å². The maximum absolute atomic E-state index is 12.4. The van der Waals surface area contributed by atoms with Gasteiger partial charge in [0.05, 0.1) is 22.9 Å². The van der Waals surface area contributed by atoms with Gasteiger partial charge in [0.2, 0.25) is 5.91 Å². The predicted octanol–water partition coefficient (Wildman–Crippen LogP) is 6.91. The summed E-state index contributed by atoms with van der Waals surface area (Å²) < 4.78 is 5.70. The molecule has 0 aliphatic heterocycles. The Bertz CT molecular complexity index is 1240. The van der Waals surface area contributed by atoms with E-state index in [1.807, 2.05) is 19.1 Å². The molecule has 0 radical (unpaired) electrons. The molecule has 0 saturated carbocycles. The third-order valence-electron chi connectivity index (χ3n) is 5.03. The second kappa shape index (κ2) is 12.6. The van der Waals surface area contributed by atoms with Crippen molar-refractivity contribution in [2.75, 3.05) is 11.9 Å². The van der Waals surface area contributed by atoms with E-state index >= 15 is 0 Å². The monoisotopic (exact) mass is 531 g/mol. The van der Waals surface area contributed by atoms with E-state index in [0.717, 1.165) is 16.9 Å². The second-order valence-electron chi connectivity index (χ2n) is 7.75. The molecule has 6 nitrogen and oxygen atoms in total. The second-order valence-corrected chi connectivity index (χ2v) is 9.03. The Labute approximate surface area is 219 Å². The van der Waals surface area contributed by atoms with E-state index in [4.69, 9.17) is 39.5 Å². The van der Waals surface area contributed by atoms with Gasteiger partial charge in [-0.3, -0.25) is 9.59 Å². The van der Waals surface area contributed by atoms with E-state index in [-0.39, 0.29) is 23.3 Å². The fourth-order valence-electron chi connectivity index (χ4n) is 3.12. The summed E-state index contributed by atoms with van der Waals surface area (Å²) in [6.07, 6.45) is 0.830. The Balaban J connectivity index is 1.45. The normalized spacial score (nSPS) is 11.2. The van der Waals surface area contributed by atoms with Crippen molar-refractivity contribution < 1.29 is 14.3 Å². The molecule has 3 rings (SSSR count). The summed E-state index contributed by atoms with van der Waals surface area (Å²) >= 11 is 17.9. The molecule has 35 heavy (non-hydrogen) atoms. The lowest BCUT2D eigenvalue weighted by atomic mass is 10.1. The van der Waals surface area contributed by atoms with Gasteiger partial charge in [-0.1, -0.05) is 46.9 Å². The van der Waals surface area contributed by atoms with E-state index in [1.54, 1.807) is 49.4 Å². The number of nitrogens with zero attached hydrogens (tertiary/aromatic N) is 1. The van der Waals surface area contributed by atoms with Crippen LogP contribution in [0.5, 0.6) is 5.75 Å². The first-order chi connectivity index (χ1) is 16.7. The highest BCUT2D eigenvalue weighted by atomic mass is 35.5. The van der Waals surface area contributed by atoms with Crippen LogP contribution in [0, 0.1) is 6.92 Å². The maximum atomic E-state index is 12.4. The van der Waals surface area contributed by atoms with Gasteiger partial charge >= 0.3 is 0 Å². The Morgan fingerprint density at radius 3 is 2.31 bits per heavy atom. The SMILES string of the molecule is C/C(=N/NC(=O)CCCOc1ccc(Cl)cc1C)c1ccc(NC(=O)c2ccc(Cl)cc2Cl)cc1. The van der Waals surface area contributed by atoms with Gasteiger partial charge in [0.1, 0.15) is 5.75 Å². The van der Waals surface area contributed by atoms with Gasteiger partial charge in [-0.25, -0.2) is 5.43 Å². The van der Waals surface area contributed by atoms with Gasteiger partial charge in [-0.05, 0) is 79.9 Å². The molecule has 0 aliphatic carbocycles. The number of rotatable bonds is 9. The van der Waals surface area contributed by atoms with Crippen molar-refractivity contribution in [3.05, 3.63) is 92.4 Å². The minimum atomic E-state index is -0.340. The predicted molar refractivity (Wildman–Crippen MR) is 142 cm³/mol. The maximum Gasteiger partial charge on any atom is 0.257 e. The highest BCUT2D eigenvalue weighted by Gasteiger charge is 2.11. The van der Waals surface area contributed by atoms with Crippen molar-refractivity contribution in [2.45, 2.75) is 26.7 Å². The first kappa shape index (κ1) is 26.5. The number of carbonyl (C=O) groups excluding carboxylic acids is 2. The molecular formula is C26H24Cl3N3O3. The number of anilines is 1. The van der Waals surface area contributed by atoms with Crippen LogP contribution in [0.2, 0.25) is 15.1 Å². The number of hydrogen-bond donors (Lipinski definition) is 2. The average molecular weight is 533 g/mol. The van der Waals surface area contributed by atoms with Crippen molar-refractivity contribution in [3.63, 3.8) is 0 Å². The molecule has 0 aromatic heterocycles. The van der Waals surface area contributed by atoms with Crippen LogP contribution >= 0.6 is 34.8 Å². The topological polar surface area (TPSA) is 79.8 Å². The highest BCUT2D eigenvalue weighted by Crippen LogP contribution is 2.23. The Morgan fingerprint density at radius 1 is 0.943 bits per heavy atom. The van der Waals surface area contributed by atoms with Crippen LogP contribution in [-0.2, 0) is 4.79 Å². The molecular weight excluding hydrogens is 509 g/mol. The zero-order chi connectivity index (χ0) is 25.4.